The highest BCUT2D eigenvalue weighted by Crippen LogP contribution is 2.39. The lowest BCUT2D eigenvalue weighted by molar-refractivity contribution is -0.113. The Morgan fingerprint density at radius 2 is 1.19 bits per heavy atom. The number of hydrogen-bond acceptors (Lipinski definition) is 13. The van der Waals surface area contributed by atoms with Gasteiger partial charge in [-0.2, -0.15) is 0 Å². The third-order valence-electron chi connectivity index (χ3n) is 7.97. The average molecular weight is 707 g/mol. The number of rotatable bonds is 15. The predicted molar refractivity (Wildman–Crippen MR) is 168 cm³/mol. The van der Waals surface area contributed by atoms with Crippen LogP contribution in [0.3, 0.4) is 0 Å². The van der Waals surface area contributed by atoms with E-state index in [1.54, 1.807) is 12.1 Å². The van der Waals surface area contributed by atoms with Crippen LogP contribution in [0.4, 0.5) is 0 Å². The molecule has 0 bridgehead atoms. The van der Waals surface area contributed by atoms with E-state index in [2.05, 4.69) is 10.6 Å². The van der Waals surface area contributed by atoms with Crippen LogP contribution in [-0.2, 0) is 6.54 Å². The highest BCUT2D eigenvalue weighted by Gasteiger charge is 2.33. The van der Waals surface area contributed by atoms with Crippen molar-refractivity contribution in [1.29, 1.82) is 0 Å². The number of fused-ring (bicyclic) bond motifs is 1. The molecule has 47 heavy (non-hydrogen) atoms. The second-order valence-electron chi connectivity index (χ2n) is 11.6. The Morgan fingerprint density at radius 3 is 1.64 bits per heavy atom. The van der Waals surface area contributed by atoms with Crippen LogP contribution < -0.4 is 10.6 Å². The molecular weight excluding hydrogens is 665 g/mol. The zero-order chi connectivity index (χ0) is 35.2. The first-order valence-electron chi connectivity index (χ1n) is 14.6. The van der Waals surface area contributed by atoms with Gasteiger partial charge in [0.05, 0.1) is 25.4 Å². The quantitative estimate of drug-likeness (QED) is 0.0877. The molecule has 17 heteroatoms. The molecule has 1 aliphatic heterocycles. The minimum Gasteiger partial charge on any atom is -0.394 e. The van der Waals surface area contributed by atoms with Crippen LogP contribution in [0.1, 0.15) is 43.3 Å². The summed E-state index contributed by atoms with van der Waals surface area (Å²) in [5.74, 6) is -2.03. The highest BCUT2D eigenvalue weighted by molar-refractivity contribution is 6.35. The molecule has 2 aromatic rings. The maximum absolute atomic E-state index is 13.3. The van der Waals surface area contributed by atoms with Crippen molar-refractivity contribution in [2.24, 2.45) is 0 Å². The molecule has 0 spiro atoms. The van der Waals surface area contributed by atoms with Gasteiger partial charge in [0.2, 0.25) is 0 Å². The minimum atomic E-state index is -1.92. The molecule has 2 aromatic carbocycles. The van der Waals surface area contributed by atoms with E-state index in [-0.39, 0.29) is 11.1 Å². The second kappa shape index (κ2) is 17.3. The normalized spacial score (nSPS) is 20.2. The number of carbonyl (C=O) groups is 2. The number of aliphatic hydroxyl groups excluding tert-OH is 10. The van der Waals surface area contributed by atoms with E-state index < -0.39 is 92.9 Å². The molecule has 15 nitrogen and oxygen atoms in total. The number of nitrogens with one attached hydrogen (secondary N) is 2. The van der Waals surface area contributed by atoms with Gasteiger partial charge in [-0.1, -0.05) is 23.2 Å². The number of nitrogens with zero attached hydrogens (tertiary/aromatic N) is 1. The van der Waals surface area contributed by atoms with Gasteiger partial charge < -0.3 is 66.6 Å². The summed E-state index contributed by atoms with van der Waals surface area (Å²) in [5.41, 5.74) is 1.91. The van der Waals surface area contributed by atoms with Gasteiger partial charge in [0.15, 0.2) is 0 Å². The lowest BCUT2D eigenvalue weighted by atomic mass is 9.83. The van der Waals surface area contributed by atoms with E-state index in [9.17, 15) is 50.4 Å². The van der Waals surface area contributed by atoms with Crippen LogP contribution in [0, 0.1) is 0 Å². The first-order valence-corrected chi connectivity index (χ1v) is 15.4. The largest absolute Gasteiger partial charge is 0.394 e. The Balaban J connectivity index is 1.93. The standard InChI is InChI=1S/C30H41Cl2N3O12/c1-35-9-18(17-5-16(31)6-20(32)19(17)10-35)13-2-14(29(46)33-7-21(38)25(42)27(44)23(40)11-36)4-15(3-13)30(47)34-8-22(39)26(43)28(45)24(41)12-37/h2-6,18,21-28,36-45H,7-12H2,1H3,(H,33,46)(H,34,47)/t18?,21-,22-,23+,24+,25+,26+,27+,28+/m0/s1. The first kappa shape index (κ1) is 39.0. The summed E-state index contributed by atoms with van der Waals surface area (Å²) in [7, 11) is 1.86. The second-order valence-corrected chi connectivity index (χ2v) is 12.4. The molecule has 0 saturated heterocycles. The van der Waals surface area contributed by atoms with Crippen molar-refractivity contribution in [2.45, 2.75) is 61.3 Å². The van der Waals surface area contributed by atoms with E-state index in [0.717, 1.165) is 11.1 Å². The molecular formula is C30H41Cl2N3O12. The van der Waals surface area contributed by atoms with Crippen molar-refractivity contribution in [2.75, 3.05) is 39.9 Å². The molecule has 0 aliphatic carbocycles. The average Bonchev–Trinajstić information content (AvgIpc) is 3.06. The van der Waals surface area contributed by atoms with Gasteiger partial charge in [-0.15, -0.1) is 0 Å². The molecule has 0 fully saturated rings. The summed E-state index contributed by atoms with van der Waals surface area (Å²) in [5, 5.41) is 103. The number of carbonyl (C=O) groups excluding carboxylic acids is 2. The van der Waals surface area contributed by atoms with Crippen LogP contribution >= 0.6 is 23.2 Å². The lowest BCUT2D eigenvalue weighted by Crippen LogP contribution is -2.49. The SMILES string of the molecule is CN1Cc2c(Cl)cc(Cl)cc2C(c2cc(C(=O)NC[C@H](O)[C@@H](O)[C@H](O)[C@H](O)CO)cc(C(=O)NC[C@H](O)[C@@H](O)[C@H](O)[C@H](O)CO)c2)C1. The number of hydrogen-bond donors (Lipinski definition) is 12. The van der Waals surface area contributed by atoms with Crippen molar-refractivity contribution >= 4 is 35.0 Å². The van der Waals surface area contributed by atoms with E-state index in [0.29, 0.717) is 28.7 Å². The monoisotopic (exact) mass is 705 g/mol. The van der Waals surface area contributed by atoms with Gasteiger partial charge in [0.25, 0.3) is 11.8 Å². The Bertz CT molecular complexity index is 1330. The van der Waals surface area contributed by atoms with Crippen molar-refractivity contribution in [3.63, 3.8) is 0 Å². The number of likely N-dealkylation sites (N-methyl/N-ethyl adjacent to an activating group) is 1. The molecule has 1 unspecified atom stereocenters. The van der Waals surface area contributed by atoms with E-state index in [1.165, 1.54) is 18.2 Å². The number of amides is 2. The Hall–Kier alpha value is -2.48. The summed E-state index contributed by atoms with van der Waals surface area (Å²) >= 11 is 12.8. The van der Waals surface area contributed by atoms with Gasteiger partial charge in [0, 0.05) is 53.3 Å². The Kier molecular flexibility index (Phi) is 14.3. The van der Waals surface area contributed by atoms with Crippen LogP contribution in [-0.4, -0.2) is 157 Å². The van der Waals surface area contributed by atoms with Crippen molar-refractivity contribution in [3.8, 4) is 0 Å². The smallest absolute Gasteiger partial charge is 0.251 e. The zero-order valence-electron chi connectivity index (χ0n) is 25.3. The van der Waals surface area contributed by atoms with E-state index in [1.807, 2.05) is 11.9 Å². The highest BCUT2D eigenvalue weighted by atomic mass is 35.5. The van der Waals surface area contributed by atoms with Crippen LogP contribution in [0.5, 0.6) is 0 Å². The van der Waals surface area contributed by atoms with Crippen LogP contribution in [0.25, 0.3) is 0 Å². The minimum absolute atomic E-state index is 0.0599. The third kappa shape index (κ3) is 9.79. The maximum atomic E-state index is 13.3. The summed E-state index contributed by atoms with van der Waals surface area (Å²) in [6, 6.07) is 7.57. The van der Waals surface area contributed by atoms with E-state index >= 15 is 0 Å². The first-order chi connectivity index (χ1) is 22.1. The topological polar surface area (TPSA) is 264 Å². The summed E-state index contributed by atoms with van der Waals surface area (Å²) in [6.45, 7) is -2.01. The summed E-state index contributed by atoms with van der Waals surface area (Å²) in [6.07, 6.45) is -14.7. The Labute approximate surface area is 280 Å². The molecule has 0 aromatic heterocycles. The molecule has 1 heterocycles. The summed E-state index contributed by atoms with van der Waals surface area (Å²) < 4.78 is 0. The van der Waals surface area contributed by atoms with E-state index in [4.69, 9.17) is 33.4 Å². The third-order valence-corrected chi connectivity index (χ3v) is 8.52. The fourth-order valence-corrected chi connectivity index (χ4v) is 5.78. The van der Waals surface area contributed by atoms with Gasteiger partial charge >= 0.3 is 0 Å². The molecule has 9 atom stereocenters. The summed E-state index contributed by atoms with van der Waals surface area (Å²) in [4.78, 5) is 28.6. The molecule has 262 valence electrons. The predicted octanol–water partition coefficient (Wildman–Crippen LogP) is -3.10. The fourth-order valence-electron chi connectivity index (χ4n) is 5.21. The van der Waals surface area contributed by atoms with Crippen LogP contribution in [0.2, 0.25) is 10.0 Å². The Morgan fingerprint density at radius 1 is 0.745 bits per heavy atom. The van der Waals surface area contributed by atoms with Gasteiger partial charge in [-0.05, 0) is 54.1 Å². The van der Waals surface area contributed by atoms with Crippen LogP contribution in [0.15, 0.2) is 30.3 Å². The lowest BCUT2D eigenvalue weighted by Gasteiger charge is -2.33. The van der Waals surface area contributed by atoms with Crippen molar-refractivity contribution < 1.29 is 60.7 Å². The number of benzene rings is 2. The molecule has 0 saturated carbocycles. The molecule has 2 amide bonds. The van der Waals surface area contributed by atoms with Gasteiger partial charge in [-0.25, -0.2) is 0 Å². The molecule has 3 rings (SSSR count). The molecule has 12 N–H and O–H groups in total. The zero-order valence-corrected chi connectivity index (χ0v) is 26.8. The fraction of sp³-hybridized carbons (Fsp3) is 0.533. The maximum Gasteiger partial charge on any atom is 0.251 e. The number of aliphatic hydroxyl groups is 10. The number of halogens is 2. The van der Waals surface area contributed by atoms with Gasteiger partial charge in [-0.3, -0.25) is 9.59 Å². The molecule has 1 aliphatic rings. The molecule has 0 radical (unpaired) electrons. The van der Waals surface area contributed by atoms with Gasteiger partial charge in [0.1, 0.15) is 36.6 Å². The van der Waals surface area contributed by atoms with Crippen molar-refractivity contribution in [3.05, 3.63) is 68.2 Å². The van der Waals surface area contributed by atoms with Crippen molar-refractivity contribution in [1.82, 2.24) is 15.5 Å².